The quantitative estimate of drug-likeness (QED) is 0.468. The summed E-state index contributed by atoms with van der Waals surface area (Å²) in [5.41, 5.74) is 0. The lowest BCUT2D eigenvalue weighted by Crippen LogP contribution is -1.47. The maximum atomic E-state index is 9.55. The summed E-state index contributed by atoms with van der Waals surface area (Å²) in [5.74, 6) is 0. The molecule has 0 N–H and O–H groups in total. The van der Waals surface area contributed by atoms with Crippen LogP contribution in [0.3, 0.4) is 0 Å². The molecule has 5 heavy (non-hydrogen) atoms. The molecule has 1 atom stereocenters. The third-order valence-corrected chi connectivity index (χ3v) is 0.894. The zero-order chi connectivity index (χ0) is 4.28. The molecule has 0 spiro atoms. The van der Waals surface area contributed by atoms with Crippen LogP contribution in [0.1, 0.15) is 0 Å². The minimum atomic E-state index is -1.76. The predicted molar refractivity (Wildman–Crippen MR) is 22.0 cm³/mol. The van der Waals surface area contributed by atoms with Crippen LogP contribution in [-0.2, 0) is 20.9 Å². The minimum absolute atomic E-state index is 1.31. The molecule has 0 radical (unpaired) electrons. The molecule has 0 rings (SSSR count). The highest BCUT2D eigenvalue weighted by atomic mass is 32.4. The van der Waals surface area contributed by atoms with E-state index < -0.39 is 6.80 Å². The minimum Gasteiger partial charge on any atom is -0.296 e. The molecule has 2 nitrogen and oxygen atoms in total. The van der Waals surface area contributed by atoms with Gasteiger partial charge in [0.05, 0.1) is 0 Å². The van der Waals surface area contributed by atoms with Gasteiger partial charge in [0.15, 0.2) is 0 Å². The van der Waals surface area contributed by atoms with E-state index in [2.05, 4.69) is 16.3 Å². The first-order chi connectivity index (χ1) is 2.27. The van der Waals surface area contributed by atoms with Crippen molar-refractivity contribution in [2.45, 2.75) is 0 Å². The van der Waals surface area contributed by atoms with Gasteiger partial charge in [0.2, 0.25) is 0 Å². The molecule has 0 aliphatic carbocycles. The fourth-order valence-corrected chi connectivity index (χ4v) is 0. The Hall–Kier alpha value is 0.280. The second kappa shape index (κ2) is 2.51. The van der Waals surface area contributed by atoms with Crippen LogP contribution >= 0.6 is 6.80 Å². The van der Waals surface area contributed by atoms with Crippen molar-refractivity contribution in [3.8, 4) is 0 Å². The van der Waals surface area contributed by atoms with Gasteiger partial charge in [-0.1, -0.05) is 0 Å². The van der Waals surface area contributed by atoms with Gasteiger partial charge < -0.3 is 0 Å². The van der Waals surface area contributed by atoms with Gasteiger partial charge in [-0.15, -0.1) is 0 Å². The Balaban J connectivity index is 3.23. The molecule has 0 amide bonds. The fraction of sp³-hybridized carbons (Fsp3) is 1.00. The van der Waals surface area contributed by atoms with Crippen LogP contribution in [0.15, 0.2) is 0 Å². The lowest BCUT2D eigenvalue weighted by molar-refractivity contribution is 0.431. The van der Waals surface area contributed by atoms with Gasteiger partial charge in [0, 0.05) is 18.9 Å². The SMILES string of the molecule is COP(=O)=S. The van der Waals surface area contributed by atoms with Gasteiger partial charge >= 0.3 is 6.80 Å². The van der Waals surface area contributed by atoms with Gasteiger partial charge in [-0.3, -0.25) is 4.52 Å². The van der Waals surface area contributed by atoms with Crippen molar-refractivity contribution in [1.82, 2.24) is 0 Å². The summed E-state index contributed by atoms with van der Waals surface area (Å²) < 4.78 is 13.6. The van der Waals surface area contributed by atoms with E-state index in [-0.39, 0.29) is 0 Å². The Labute approximate surface area is 35.7 Å². The third-order valence-electron chi connectivity index (χ3n) is 0.149. The summed E-state index contributed by atoms with van der Waals surface area (Å²) >= 11 is 4.07. The molecule has 0 aliphatic heterocycles. The Morgan fingerprint density at radius 3 is 2.20 bits per heavy atom. The van der Waals surface area contributed by atoms with Crippen molar-refractivity contribution >= 4 is 18.6 Å². The van der Waals surface area contributed by atoms with E-state index >= 15 is 0 Å². The van der Waals surface area contributed by atoms with Crippen molar-refractivity contribution in [2.75, 3.05) is 7.11 Å². The summed E-state index contributed by atoms with van der Waals surface area (Å²) in [6.45, 7) is -1.76. The van der Waals surface area contributed by atoms with Crippen LogP contribution in [0.4, 0.5) is 0 Å². The van der Waals surface area contributed by atoms with Gasteiger partial charge in [0.25, 0.3) is 0 Å². The van der Waals surface area contributed by atoms with E-state index in [4.69, 9.17) is 0 Å². The normalized spacial score (nSPS) is 11.0. The second-order valence-electron chi connectivity index (χ2n) is 0.406. The van der Waals surface area contributed by atoms with Crippen LogP contribution in [0.5, 0.6) is 0 Å². The lowest BCUT2D eigenvalue weighted by Gasteiger charge is -1.65. The van der Waals surface area contributed by atoms with Gasteiger partial charge in [-0.25, -0.2) is 4.57 Å². The molecular formula is CH3O2PS. The molecule has 0 aromatic heterocycles. The summed E-state index contributed by atoms with van der Waals surface area (Å²) in [6, 6.07) is 0. The molecular weight excluding hydrogens is 107 g/mol. The maximum Gasteiger partial charge on any atom is 0.311 e. The highest BCUT2D eigenvalue weighted by Gasteiger charge is 1.65. The Kier molecular flexibility index (Phi) is 2.65. The van der Waals surface area contributed by atoms with Crippen LogP contribution in [0.25, 0.3) is 0 Å². The molecule has 4 heteroatoms. The number of rotatable bonds is 1. The molecule has 0 saturated carbocycles. The molecule has 0 aromatic rings. The lowest BCUT2D eigenvalue weighted by atomic mass is 11.8. The van der Waals surface area contributed by atoms with E-state index in [1.54, 1.807) is 0 Å². The molecule has 30 valence electrons. The highest BCUT2D eigenvalue weighted by molar-refractivity contribution is 7.97. The molecule has 0 heterocycles. The van der Waals surface area contributed by atoms with Crippen LogP contribution < -0.4 is 0 Å². The van der Waals surface area contributed by atoms with Crippen LogP contribution in [-0.4, -0.2) is 7.11 Å². The van der Waals surface area contributed by atoms with Crippen molar-refractivity contribution < 1.29 is 9.09 Å². The molecule has 0 fully saturated rings. The smallest absolute Gasteiger partial charge is 0.296 e. The average Bonchev–Trinajstić information content (AvgIpc) is 1.38. The topological polar surface area (TPSA) is 26.3 Å². The van der Waals surface area contributed by atoms with E-state index in [0.717, 1.165) is 0 Å². The molecule has 0 bridgehead atoms. The first-order valence-corrected chi connectivity index (χ1v) is 3.15. The van der Waals surface area contributed by atoms with Gasteiger partial charge in [-0.05, 0) is 0 Å². The fourth-order valence-electron chi connectivity index (χ4n) is 0. The Morgan fingerprint density at radius 1 is 2.00 bits per heavy atom. The summed E-state index contributed by atoms with van der Waals surface area (Å²) in [6.07, 6.45) is 0. The van der Waals surface area contributed by atoms with Crippen molar-refractivity contribution in [3.05, 3.63) is 0 Å². The van der Waals surface area contributed by atoms with Crippen molar-refractivity contribution in [2.24, 2.45) is 0 Å². The second-order valence-corrected chi connectivity index (χ2v) is 2.11. The third kappa shape index (κ3) is 4.28. The van der Waals surface area contributed by atoms with E-state index in [1.807, 2.05) is 0 Å². The van der Waals surface area contributed by atoms with Crippen molar-refractivity contribution in [1.29, 1.82) is 0 Å². The maximum absolute atomic E-state index is 9.55. The van der Waals surface area contributed by atoms with Gasteiger partial charge in [-0.2, -0.15) is 0 Å². The zero-order valence-electron chi connectivity index (χ0n) is 2.67. The van der Waals surface area contributed by atoms with Gasteiger partial charge in [0.1, 0.15) is 0 Å². The first-order valence-electron chi connectivity index (χ1n) is 0.956. The van der Waals surface area contributed by atoms with E-state index in [0.29, 0.717) is 0 Å². The Bertz CT molecular complexity index is 67.7. The molecule has 0 aliphatic rings. The Morgan fingerprint density at radius 2 is 2.20 bits per heavy atom. The van der Waals surface area contributed by atoms with E-state index in [1.165, 1.54) is 7.11 Å². The molecule has 0 aromatic carbocycles. The standard InChI is InChI=1S/CH3O2PS/c1-3-4(2)5/h1H3. The highest BCUT2D eigenvalue weighted by Crippen LogP contribution is 1.98. The largest absolute Gasteiger partial charge is 0.311 e. The van der Waals surface area contributed by atoms with E-state index in [9.17, 15) is 4.57 Å². The van der Waals surface area contributed by atoms with Crippen molar-refractivity contribution in [3.63, 3.8) is 0 Å². The summed E-state index contributed by atoms with van der Waals surface area (Å²) in [7, 11) is 1.31. The predicted octanol–water partition coefficient (Wildman–Crippen LogP) is 0.837. The molecule has 1 unspecified atom stereocenters. The number of hydrogen-bond acceptors (Lipinski definition) is 3. The van der Waals surface area contributed by atoms with Crippen LogP contribution in [0, 0.1) is 0 Å². The number of hydrogen-bond donors (Lipinski definition) is 0. The summed E-state index contributed by atoms with van der Waals surface area (Å²) in [4.78, 5) is 0. The zero-order valence-corrected chi connectivity index (χ0v) is 4.38. The first kappa shape index (κ1) is 5.28. The summed E-state index contributed by atoms with van der Waals surface area (Å²) in [5, 5.41) is 0. The monoisotopic (exact) mass is 110 g/mol. The van der Waals surface area contributed by atoms with Crippen LogP contribution in [0.2, 0.25) is 0 Å². The molecule has 0 saturated heterocycles. The average molecular weight is 110 g/mol.